The van der Waals surface area contributed by atoms with Crippen molar-refractivity contribution in [3.63, 3.8) is 0 Å². The minimum atomic E-state index is -0.510. The van der Waals surface area contributed by atoms with Crippen LogP contribution in [-0.4, -0.2) is 33.1 Å². The molecule has 1 aromatic carbocycles. The predicted molar refractivity (Wildman–Crippen MR) is 72.5 cm³/mol. The summed E-state index contributed by atoms with van der Waals surface area (Å²) in [5, 5.41) is 15.8. The van der Waals surface area contributed by atoms with Crippen molar-refractivity contribution in [2.45, 2.75) is 6.92 Å². The summed E-state index contributed by atoms with van der Waals surface area (Å²) >= 11 is 9.27. The molecule has 0 aliphatic carbocycles. The van der Waals surface area contributed by atoms with E-state index in [4.69, 9.17) is 16.3 Å². The molecule has 9 heteroatoms. The van der Waals surface area contributed by atoms with Gasteiger partial charge in [0.1, 0.15) is 0 Å². The molecule has 100 valence electrons. The van der Waals surface area contributed by atoms with E-state index in [9.17, 15) is 4.79 Å². The van der Waals surface area contributed by atoms with Gasteiger partial charge in [0, 0.05) is 5.02 Å². The van der Waals surface area contributed by atoms with Crippen LogP contribution in [0.25, 0.3) is 0 Å². The molecular formula is C10H9BrClN5O2. The highest BCUT2D eigenvalue weighted by atomic mass is 79.9. The summed E-state index contributed by atoms with van der Waals surface area (Å²) in [6, 6.07) is 3.26. The molecule has 19 heavy (non-hydrogen) atoms. The van der Waals surface area contributed by atoms with Crippen molar-refractivity contribution >= 4 is 39.1 Å². The third-order valence-corrected chi connectivity index (χ3v) is 2.90. The predicted octanol–water partition coefficient (Wildman–Crippen LogP) is 2.27. The van der Waals surface area contributed by atoms with Crippen LogP contribution >= 0.6 is 27.5 Å². The van der Waals surface area contributed by atoms with Crippen LogP contribution < -0.4 is 10.1 Å². The standard InChI is InChI=1S/C10H9BrClN5O2/c1-2-19-8-6(11)3-5(12)4-7(8)13-10(18)9-14-16-17-15-9/h3-4H,2H2,1H3,(H,13,18)(H,14,15,16,17). The molecule has 2 N–H and O–H groups in total. The van der Waals surface area contributed by atoms with E-state index in [1.165, 1.54) is 0 Å². The number of benzene rings is 1. The lowest BCUT2D eigenvalue weighted by atomic mass is 10.3. The molecule has 0 bridgehead atoms. The first kappa shape index (κ1) is 13.8. The quantitative estimate of drug-likeness (QED) is 0.886. The topological polar surface area (TPSA) is 92.8 Å². The molecule has 0 aliphatic rings. The summed E-state index contributed by atoms with van der Waals surface area (Å²) in [5.74, 6) is -0.0915. The van der Waals surface area contributed by atoms with Crippen molar-refractivity contribution < 1.29 is 9.53 Å². The second-order valence-corrected chi connectivity index (χ2v) is 4.68. The minimum Gasteiger partial charge on any atom is -0.491 e. The lowest BCUT2D eigenvalue weighted by Gasteiger charge is -2.12. The average molecular weight is 347 g/mol. The Balaban J connectivity index is 2.30. The second kappa shape index (κ2) is 5.98. The summed E-state index contributed by atoms with van der Waals surface area (Å²) in [6.45, 7) is 2.29. The third kappa shape index (κ3) is 3.21. The van der Waals surface area contributed by atoms with E-state index in [1.807, 2.05) is 6.92 Å². The fraction of sp³-hybridized carbons (Fsp3) is 0.200. The number of carbonyl (C=O) groups excluding carboxylic acids is 1. The second-order valence-electron chi connectivity index (χ2n) is 3.39. The van der Waals surface area contributed by atoms with Crippen LogP contribution in [0.3, 0.4) is 0 Å². The van der Waals surface area contributed by atoms with Crippen molar-refractivity contribution in [1.29, 1.82) is 0 Å². The van der Waals surface area contributed by atoms with Crippen molar-refractivity contribution in [1.82, 2.24) is 20.6 Å². The molecule has 0 radical (unpaired) electrons. The molecule has 0 spiro atoms. The normalized spacial score (nSPS) is 10.3. The van der Waals surface area contributed by atoms with Gasteiger partial charge in [0.25, 0.3) is 11.7 Å². The van der Waals surface area contributed by atoms with Gasteiger partial charge < -0.3 is 10.1 Å². The summed E-state index contributed by atoms with van der Waals surface area (Å²) in [7, 11) is 0. The van der Waals surface area contributed by atoms with Crippen molar-refractivity contribution in [2.24, 2.45) is 0 Å². The van der Waals surface area contributed by atoms with E-state index < -0.39 is 5.91 Å². The van der Waals surface area contributed by atoms with Gasteiger partial charge in [-0.15, -0.1) is 10.2 Å². The number of amides is 1. The van der Waals surface area contributed by atoms with Crippen LogP contribution in [0.2, 0.25) is 5.02 Å². The van der Waals surface area contributed by atoms with Crippen molar-refractivity contribution in [3.8, 4) is 5.75 Å². The highest BCUT2D eigenvalue weighted by molar-refractivity contribution is 9.10. The Labute approximate surface area is 121 Å². The number of tetrazole rings is 1. The SMILES string of the molecule is CCOc1c(Br)cc(Cl)cc1NC(=O)c1nn[nH]n1. The summed E-state index contributed by atoms with van der Waals surface area (Å²) < 4.78 is 6.10. The van der Waals surface area contributed by atoms with Gasteiger partial charge >= 0.3 is 0 Å². The number of aromatic amines is 1. The Morgan fingerprint density at radius 2 is 2.37 bits per heavy atom. The number of nitrogens with zero attached hydrogens (tertiary/aromatic N) is 3. The van der Waals surface area contributed by atoms with E-state index in [2.05, 4.69) is 41.9 Å². The van der Waals surface area contributed by atoms with E-state index in [1.54, 1.807) is 12.1 Å². The first-order valence-corrected chi connectivity index (χ1v) is 6.45. The maximum atomic E-state index is 11.8. The van der Waals surface area contributed by atoms with Gasteiger partial charge in [-0.25, -0.2) is 0 Å². The molecule has 0 atom stereocenters. The molecule has 0 saturated carbocycles. The number of aromatic nitrogens is 4. The molecule has 2 rings (SSSR count). The zero-order chi connectivity index (χ0) is 13.8. The number of carbonyl (C=O) groups is 1. The monoisotopic (exact) mass is 345 g/mol. The number of anilines is 1. The molecule has 0 fully saturated rings. The molecule has 7 nitrogen and oxygen atoms in total. The van der Waals surface area contributed by atoms with E-state index in [0.29, 0.717) is 27.5 Å². The first-order valence-electron chi connectivity index (χ1n) is 5.28. The Hall–Kier alpha value is -1.67. The molecule has 0 saturated heterocycles. The summed E-state index contributed by atoms with van der Waals surface area (Å²) in [5.41, 5.74) is 0.427. The minimum absolute atomic E-state index is 0.0708. The zero-order valence-corrected chi connectivity index (χ0v) is 12.1. The number of H-pyrrole nitrogens is 1. The van der Waals surface area contributed by atoms with Crippen molar-refractivity contribution in [2.75, 3.05) is 11.9 Å². The Morgan fingerprint density at radius 1 is 1.58 bits per heavy atom. The van der Waals surface area contributed by atoms with Crippen LogP contribution in [0, 0.1) is 0 Å². The molecular weight excluding hydrogens is 338 g/mol. The third-order valence-electron chi connectivity index (χ3n) is 2.09. The Bertz CT molecular complexity index is 590. The Kier molecular flexibility index (Phi) is 4.33. The van der Waals surface area contributed by atoms with Gasteiger partial charge in [-0.1, -0.05) is 11.6 Å². The van der Waals surface area contributed by atoms with Crippen LogP contribution in [0.1, 0.15) is 17.5 Å². The molecule has 1 aromatic heterocycles. The molecule has 0 aliphatic heterocycles. The lowest BCUT2D eigenvalue weighted by Crippen LogP contribution is -2.15. The average Bonchev–Trinajstić information content (AvgIpc) is 2.87. The first-order chi connectivity index (χ1) is 9.11. The lowest BCUT2D eigenvalue weighted by molar-refractivity contribution is 0.101. The Morgan fingerprint density at radius 3 is 3.00 bits per heavy atom. The largest absolute Gasteiger partial charge is 0.491 e. The van der Waals surface area contributed by atoms with Gasteiger partial charge in [0.05, 0.1) is 16.8 Å². The van der Waals surface area contributed by atoms with Gasteiger partial charge in [0.2, 0.25) is 0 Å². The van der Waals surface area contributed by atoms with Gasteiger partial charge in [-0.05, 0) is 40.2 Å². The summed E-state index contributed by atoms with van der Waals surface area (Å²) in [4.78, 5) is 11.8. The van der Waals surface area contributed by atoms with Gasteiger partial charge in [-0.3, -0.25) is 4.79 Å². The van der Waals surface area contributed by atoms with Crippen molar-refractivity contribution in [3.05, 3.63) is 27.5 Å². The number of nitrogens with one attached hydrogen (secondary N) is 2. The fourth-order valence-corrected chi connectivity index (χ4v) is 2.31. The van der Waals surface area contributed by atoms with Crippen LogP contribution in [0.15, 0.2) is 16.6 Å². The number of hydrogen-bond donors (Lipinski definition) is 2. The molecule has 0 unspecified atom stereocenters. The highest BCUT2D eigenvalue weighted by Crippen LogP contribution is 2.36. The van der Waals surface area contributed by atoms with E-state index in [0.717, 1.165) is 0 Å². The van der Waals surface area contributed by atoms with Gasteiger partial charge in [-0.2, -0.15) is 5.21 Å². The zero-order valence-electron chi connectivity index (χ0n) is 9.78. The maximum Gasteiger partial charge on any atom is 0.297 e. The van der Waals surface area contributed by atoms with Crippen LogP contribution in [0.4, 0.5) is 5.69 Å². The van der Waals surface area contributed by atoms with E-state index >= 15 is 0 Å². The number of halogens is 2. The molecule has 2 aromatic rings. The smallest absolute Gasteiger partial charge is 0.297 e. The number of ether oxygens (including phenoxy) is 1. The number of hydrogen-bond acceptors (Lipinski definition) is 5. The number of rotatable bonds is 4. The fourth-order valence-electron chi connectivity index (χ4n) is 1.38. The van der Waals surface area contributed by atoms with Crippen LogP contribution in [-0.2, 0) is 0 Å². The summed E-state index contributed by atoms with van der Waals surface area (Å²) in [6.07, 6.45) is 0. The highest BCUT2D eigenvalue weighted by Gasteiger charge is 2.16. The maximum absolute atomic E-state index is 11.8. The molecule has 1 heterocycles. The van der Waals surface area contributed by atoms with E-state index in [-0.39, 0.29) is 5.82 Å². The van der Waals surface area contributed by atoms with Gasteiger partial charge in [0.15, 0.2) is 5.75 Å². The molecule has 1 amide bonds. The van der Waals surface area contributed by atoms with Crippen LogP contribution in [0.5, 0.6) is 5.75 Å².